The number of hydrogen-bond acceptors (Lipinski definition) is 15. The van der Waals surface area contributed by atoms with E-state index >= 15 is 0 Å². The molecule has 0 amide bonds. The number of phosphoric ester groups is 2. The number of ether oxygens (including phenoxy) is 4. The van der Waals surface area contributed by atoms with E-state index in [1.807, 2.05) is 12.2 Å². The largest absolute Gasteiger partial charge is 0.472 e. The van der Waals surface area contributed by atoms with Crippen molar-refractivity contribution in [1.29, 1.82) is 0 Å². The standard InChI is InChI=1S/C81H140O17P2/c1-5-9-13-17-21-25-29-33-36-37-40-43-46-50-54-58-62-66-79(84)92-71-76(97-80(85)67-63-59-55-51-47-41-32-28-24-20-16-12-8-4)73-95-99(87,88)93-69-75(82)70-94-100(89,90)96-74-77(98-81(86)68-64-60-56-52-48-44-39-35-31-27-23-19-15-11-7-3)72-91-78(83)65-61-57-53-49-45-42-38-34-30-26-22-18-14-10-6-2/h21,25-28,30-36,38-40,43,50,54,75-77,82H,5-20,22-24,29,37,41-42,44-49,51-53,55-74H2,1-4H3,(H,87,88)(H,89,90)/b25-21-,30-26-,31-27-,32-28-,36-33-,38-34-,39-35-,43-40-,54-50-/t75-,76+,77+/m0/s1. The van der Waals surface area contributed by atoms with Crippen LogP contribution in [0.1, 0.15) is 323 Å². The highest BCUT2D eigenvalue weighted by Gasteiger charge is 2.30. The number of allylic oxidation sites excluding steroid dienone is 18. The Kier molecular flexibility index (Phi) is 69.9. The average molecular weight is 1450 g/mol. The van der Waals surface area contributed by atoms with Crippen LogP contribution in [0.15, 0.2) is 109 Å². The monoisotopic (exact) mass is 1450 g/mol. The zero-order chi connectivity index (χ0) is 73.2. The predicted molar refractivity (Wildman–Crippen MR) is 408 cm³/mol. The molecule has 0 saturated heterocycles. The maximum atomic E-state index is 13.1. The van der Waals surface area contributed by atoms with Crippen molar-refractivity contribution in [2.75, 3.05) is 39.6 Å². The summed E-state index contributed by atoms with van der Waals surface area (Å²) in [6, 6.07) is 0. The molecular weight excluding hydrogens is 1310 g/mol. The fourth-order valence-corrected chi connectivity index (χ4v) is 11.8. The van der Waals surface area contributed by atoms with Crippen molar-refractivity contribution in [2.45, 2.75) is 341 Å². The smallest absolute Gasteiger partial charge is 0.462 e. The molecule has 0 rings (SSSR count). The van der Waals surface area contributed by atoms with Gasteiger partial charge in [0.2, 0.25) is 0 Å². The van der Waals surface area contributed by atoms with E-state index in [1.54, 1.807) is 0 Å². The van der Waals surface area contributed by atoms with Gasteiger partial charge in [-0.1, -0.05) is 265 Å². The molecule has 0 fully saturated rings. The first-order valence-corrected chi connectivity index (χ1v) is 42.2. The highest BCUT2D eigenvalue weighted by Crippen LogP contribution is 2.45. The number of aliphatic hydroxyl groups excluding tert-OH is 1. The highest BCUT2D eigenvalue weighted by atomic mass is 31.2. The fraction of sp³-hybridized carbons (Fsp3) is 0.728. The molecule has 5 atom stereocenters. The average Bonchev–Trinajstić information content (AvgIpc) is 0.965. The van der Waals surface area contributed by atoms with Gasteiger partial charge in [-0.05, 0) is 141 Å². The summed E-state index contributed by atoms with van der Waals surface area (Å²) in [5, 5.41) is 10.6. The molecule has 0 aromatic carbocycles. The Hall–Kier alpha value is -4.28. The van der Waals surface area contributed by atoms with Crippen LogP contribution in [0.5, 0.6) is 0 Å². The van der Waals surface area contributed by atoms with Gasteiger partial charge in [0.25, 0.3) is 0 Å². The van der Waals surface area contributed by atoms with Crippen LogP contribution in [0.4, 0.5) is 0 Å². The van der Waals surface area contributed by atoms with E-state index in [9.17, 15) is 43.2 Å². The second-order valence-corrected chi connectivity index (χ2v) is 28.9. The van der Waals surface area contributed by atoms with Crippen LogP contribution >= 0.6 is 15.6 Å². The van der Waals surface area contributed by atoms with Crippen LogP contribution in [0.25, 0.3) is 0 Å². The van der Waals surface area contributed by atoms with Crippen LogP contribution in [0, 0.1) is 0 Å². The van der Waals surface area contributed by atoms with E-state index in [-0.39, 0.29) is 25.7 Å². The molecule has 0 radical (unpaired) electrons. The van der Waals surface area contributed by atoms with Gasteiger partial charge >= 0.3 is 39.5 Å². The molecule has 2 unspecified atom stereocenters. The van der Waals surface area contributed by atoms with Crippen molar-refractivity contribution >= 4 is 39.5 Å². The molecule has 17 nitrogen and oxygen atoms in total. The fourth-order valence-electron chi connectivity index (χ4n) is 10.2. The molecule has 0 aromatic heterocycles. The molecule has 0 aliphatic heterocycles. The van der Waals surface area contributed by atoms with E-state index in [0.717, 1.165) is 141 Å². The molecule has 0 heterocycles. The number of rotatable bonds is 73. The third kappa shape index (κ3) is 72.1. The Bertz CT molecular complexity index is 2320. The van der Waals surface area contributed by atoms with Gasteiger partial charge in [-0.15, -0.1) is 0 Å². The minimum absolute atomic E-state index is 0.0718. The molecule has 100 heavy (non-hydrogen) atoms. The van der Waals surface area contributed by atoms with E-state index in [1.165, 1.54) is 96.3 Å². The molecule has 0 aliphatic rings. The normalized spacial score (nSPS) is 14.5. The SMILES string of the molecule is CCCCC/C=C\C/C=C\C/C=C\C/C=C\CCCC(=O)OC[C@H](COP(=O)(O)OC[C@H](O)COP(=O)(O)OC[C@@H](COC(=O)CCCCCCC/C=C\C=C/CCCCCC)OC(=O)CCCCCCC/C=C\C=C/CCCCCC)OC(=O)CCCCCCC/C=C\CCCCCC. The Balaban J connectivity index is 5.42. The number of esters is 4. The zero-order valence-electron chi connectivity index (χ0n) is 62.8. The van der Waals surface area contributed by atoms with Crippen LogP contribution in [-0.4, -0.2) is 96.7 Å². The van der Waals surface area contributed by atoms with Gasteiger partial charge in [-0.3, -0.25) is 37.3 Å². The number of carbonyl (C=O) groups excluding carboxylic acids is 4. The van der Waals surface area contributed by atoms with E-state index in [4.69, 9.17) is 37.0 Å². The second-order valence-electron chi connectivity index (χ2n) is 26.0. The van der Waals surface area contributed by atoms with E-state index in [0.29, 0.717) is 32.1 Å². The Morgan fingerprint density at radius 2 is 0.530 bits per heavy atom. The molecule has 0 spiro atoms. The lowest BCUT2D eigenvalue weighted by atomic mass is 10.1. The van der Waals surface area contributed by atoms with Gasteiger partial charge in [0.05, 0.1) is 26.4 Å². The number of aliphatic hydroxyl groups is 1. The van der Waals surface area contributed by atoms with Crippen molar-refractivity contribution in [3.63, 3.8) is 0 Å². The summed E-state index contributed by atoms with van der Waals surface area (Å²) in [7, 11) is -9.98. The summed E-state index contributed by atoms with van der Waals surface area (Å²) in [5.74, 6) is -2.28. The first-order chi connectivity index (χ1) is 48.7. The molecule has 3 N–H and O–H groups in total. The van der Waals surface area contributed by atoms with Gasteiger partial charge in [-0.2, -0.15) is 0 Å². The molecule has 0 bridgehead atoms. The molecule has 0 aromatic rings. The molecule has 0 aliphatic carbocycles. The number of phosphoric acid groups is 2. The Morgan fingerprint density at radius 3 is 0.880 bits per heavy atom. The summed E-state index contributed by atoms with van der Waals surface area (Å²) in [5.41, 5.74) is 0. The summed E-state index contributed by atoms with van der Waals surface area (Å²) in [6.07, 6.45) is 77.9. The number of carbonyl (C=O) groups is 4. The van der Waals surface area contributed by atoms with Crippen LogP contribution in [0.3, 0.4) is 0 Å². The summed E-state index contributed by atoms with van der Waals surface area (Å²) >= 11 is 0. The van der Waals surface area contributed by atoms with Gasteiger partial charge in [0.15, 0.2) is 12.2 Å². The maximum absolute atomic E-state index is 13.1. The summed E-state index contributed by atoms with van der Waals surface area (Å²) in [6.45, 7) is 4.70. The summed E-state index contributed by atoms with van der Waals surface area (Å²) in [4.78, 5) is 72.9. The van der Waals surface area contributed by atoms with Gasteiger partial charge in [0.1, 0.15) is 19.3 Å². The number of hydrogen-bond donors (Lipinski definition) is 3. The Labute approximate surface area is 607 Å². The van der Waals surface area contributed by atoms with Crippen molar-refractivity contribution in [3.05, 3.63) is 109 Å². The van der Waals surface area contributed by atoms with Crippen molar-refractivity contribution in [1.82, 2.24) is 0 Å². The van der Waals surface area contributed by atoms with Crippen LogP contribution < -0.4 is 0 Å². The minimum atomic E-state index is -4.99. The lowest BCUT2D eigenvalue weighted by molar-refractivity contribution is -0.161. The zero-order valence-corrected chi connectivity index (χ0v) is 64.6. The predicted octanol–water partition coefficient (Wildman–Crippen LogP) is 22.6. The quantitative estimate of drug-likeness (QED) is 0.0128. The van der Waals surface area contributed by atoms with Gasteiger partial charge in [-0.25, -0.2) is 9.13 Å². The molecule has 0 saturated carbocycles. The second kappa shape index (κ2) is 73.0. The first kappa shape index (κ1) is 95.7. The maximum Gasteiger partial charge on any atom is 0.472 e. The minimum Gasteiger partial charge on any atom is -0.462 e. The van der Waals surface area contributed by atoms with E-state index in [2.05, 4.69) is 125 Å². The van der Waals surface area contributed by atoms with Crippen LogP contribution in [0.2, 0.25) is 0 Å². The molecule has 576 valence electrons. The van der Waals surface area contributed by atoms with Crippen molar-refractivity contribution in [3.8, 4) is 0 Å². The third-order valence-electron chi connectivity index (χ3n) is 16.2. The highest BCUT2D eigenvalue weighted by molar-refractivity contribution is 7.47. The first-order valence-electron chi connectivity index (χ1n) is 39.2. The molecule has 19 heteroatoms. The van der Waals surface area contributed by atoms with Crippen molar-refractivity contribution < 1.29 is 80.2 Å². The van der Waals surface area contributed by atoms with Crippen molar-refractivity contribution in [2.24, 2.45) is 0 Å². The number of unbranched alkanes of at least 4 members (excludes halogenated alkanes) is 31. The van der Waals surface area contributed by atoms with E-state index < -0.39 is 97.5 Å². The lowest BCUT2D eigenvalue weighted by Crippen LogP contribution is -2.30. The van der Waals surface area contributed by atoms with Crippen LogP contribution in [-0.2, 0) is 65.4 Å². The third-order valence-corrected chi connectivity index (χ3v) is 18.1. The van der Waals surface area contributed by atoms with Gasteiger partial charge in [0, 0.05) is 25.7 Å². The molecular formula is C81H140O17P2. The van der Waals surface area contributed by atoms with Gasteiger partial charge < -0.3 is 33.8 Å². The Morgan fingerprint density at radius 1 is 0.290 bits per heavy atom. The lowest BCUT2D eigenvalue weighted by Gasteiger charge is -2.21. The topological polar surface area (TPSA) is 237 Å². The summed E-state index contributed by atoms with van der Waals surface area (Å²) < 4.78 is 68.4.